The Kier molecular flexibility index (Phi) is 15.4. The van der Waals surface area contributed by atoms with Crippen LogP contribution in [0, 0.1) is 5.82 Å². The zero-order chi connectivity index (χ0) is 35.9. The van der Waals surface area contributed by atoms with Crippen LogP contribution in [0.4, 0.5) is 26.3 Å². The minimum Gasteiger partial charge on any atom is -0.494 e. The standard InChI is InChI=1S/C37H42F6O6/c1-3-5-6-7-8-10-24-47-29-19-17-27(18-20-29)26-13-15-28(16-14-26)34(44)48-30-21-22-31(32(38)25-30)35(45)49-33(12-9-11-23-46-4-2)36(39,40)37(41,42)43/h13-22,25,33H,3-12,23-24H2,1-2H3. The molecular formula is C37H42F6O6. The van der Waals surface area contributed by atoms with Gasteiger partial charge in [-0.2, -0.15) is 22.0 Å². The lowest BCUT2D eigenvalue weighted by Gasteiger charge is -2.28. The van der Waals surface area contributed by atoms with E-state index in [1.165, 1.54) is 37.8 Å². The fraction of sp³-hybridized carbons (Fsp3) is 0.459. The van der Waals surface area contributed by atoms with E-state index in [1.54, 1.807) is 19.1 Å². The second-order valence-corrected chi connectivity index (χ2v) is 11.5. The van der Waals surface area contributed by atoms with E-state index in [4.69, 9.17) is 14.2 Å². The van der Waals surface area contributed by atoms with Crippen molar-refractivity contribution < 1.29 is 54.9 Å². The minimum absolute atomic E-state index is 0.122. The molecule has 0 bridgehead atoms. The van der Waals surface area contributed by atoms with Gasteiger partial charge in [-0.25, -0.2) is 14.0 Å². The Morgan fingerprint density at radius 2 is 1.29 bits per heavy atom. The second kappa shape index (κ2) is 19.2. The van der Waals surface area contributed by atoms with Gasteiger partial charge in [0.2, 0.25) is 0 Å². The number of halogens is 6. The maximum absolute atomic E-state index is 14.8. The van der Waals surface area contributed by atoms with Crippen LogP contribution in [0.15, 0.2) is 66.7 Å². The van der Waals surface area contributed by atoms with Crippen LogP contribution in [0.25, 0.3) is 11.1 Å². The van der Waals surface area contributed by atoms with Crippen molar-refractivity contribution in [2.45, 2.75) is 89.8 Å². The molecular weight excluding hydrogens is 654 g/mol. The fourth-order valence-electron chi connectivity index (χ4n) is 4.87. The third-order valence-corrected chi connectivity index (χ3v) is 7.69. The highest BCUT2D eigenvalue weighted by molar-refractivity contribution is 5.92. The van der Waals surface area contributed by atoms with Crippen molar-refractivity contribution in [2.24, 2.45) is 0 Å². The van der Waals surface area contributed by atoms with Crippen molar-refractivity contribution in [3.8, 4) is 22.6 Å². The molecule has 1 unspecified atom stereocenters. The summed E-state index contributed by atoms with van der Waals surface area (Å²) in [4.78, 5) is 25.2. The van der Waals surface area contributed by atoms with Gasteiger partial charge in [0.15, 0.2) is 6.10 Å². The minimum atomic E-state index is -6.00. The highest BCUT2D eigenvalue weighted by Gasteiger charge is 2.63. The molecule has 0 aliphatic carbocycles. The number of carbonyl (C=O) groups excluding carboxylic acids is 2. The molecule has 6 nitrogen and oxygen atoms in total. The number of rotatable bonds is 20. The van der Waals surface area contributed by atoms with E-state index in [2.05, 4.69) is 11.7 Å². The Morgan fingerprint density at radius 1 is 0.694 bits per heavy atom. The predicted molar refractivity (Wildman–Crippen MR) is 173 cm³/mol. The smallest absolute Gasteiger partial charge is 0.457 e. The third-order valence-electron chi connectivity index (χ3n) is 7.69. The van der Waals surface area contributed by atoms with E-state index in [0.29, 0.717) is 19.3 Å². The van der Waals surface area contributed by atoms with Gasteiger partial charge >= 0.3 is 24.0 Å². The van der Waals surface area contributed by atoms with Crippen molar-refractivity contribution in [3.63, 3.8) is 0 Å². The summed E-state index contributed by atoms with van der Waals surface area (Å²) >= 11 is 0. The molecule has 3 aromatic carbocycles. The van der Waals surface area contributed by atoms with Crippen molar-refractivity contribution in [3.05, 3.63) is 83.7 Å². The van der Waals surface area contributed by atoms with Crippen LogP contribution in [0.3, 0.4) is 0 Å². The maximum atomic E-state index is 14.8. The van der Waals surface area contributed by atoms with Crippen LogP contribution >= 0.6 is 0 Å². The molecule has 0 radical (unpaired) electrons. The molecule has 0 aromatic heterocycles. The second-order valence-electron chi connectivity index (χ2n) is 11.5. The number of carbonyl (C=O) groups is 2. The number of hydrogen-bond donors (Lipinski definition) is 0. The zero-order valence-electron chi connectivity index (χ0n) is 27.6. The molecule has 3 rings (SSSR count). The average molecular weight is 697 g/mol. The molecule has 0 aliphatic rings. The molecule has 12 heteroatoms. The summed E-state index contributed by atoms with van der Waals surface area (Å²) in [5.74, 6) is -8.85. The monoisotopic (exact) mass is 696 g/mol. The molecule has 0 heterocycles. The molecule has 268 valence electrons. The van der Waals surface area contributed by atoms with E-state index in [1.807, 2.05) is 24.3 Å². The number of benzene rings is 3. The van der Waals surface area contributed by atoms with Gasteiger partial charge in [-0.3, -0.25) is 0 Å². The van der Waals surface area contributed by atoms with Crippen LogP contribution in [0.5, 0.6) is 11.5 Å². The van der Waals surface area contributed by atoms with Gasteiger partial charge in [0, 0.05) is 19.3 Å². The topological polar surface area (TPSA) is 71.1 Å². The van der Waals surface area contributed by atoms with Crippen LogP contribution < -0.4 is 9.47 Å². The average Bonchev–Trinajstić information content (AvgIpc) is 3.07. The number of ether oxygens (including phenoxy) is 4. The fourth-order valence-corrected chi connectivity index (χ4v) is 4.87. The van der Waals surface area contributed by atoms with Gasteiger partial charge in [0.25, 0.3) is 0 Å². The predicted octanol–water partition coefficient (Wildman–Crippen LogP) is 10.4. The van der Waals surface area contributed by atoms with Crippen molar-refractivity contribution in [1.29, 1.82) is 0 Å². The molecule has 0 fully saturated rings. The molecule has 0 aliphatic heterocycles. The number of alkyl halides is 5. The van der Waals surface area contributed by atoms with Crippen LogP contribution in [-0.4, -0.2) is 50.0 Å². The lowest BCUT2D eigenvalue weighted by atomic mass is 10.0. The third kappa shape index (κ3) is 12.1. The zero-order valence-corrected chi connectivity index (χ0v) is 27.6. The van der Waals surface area contributed by atoms with Crippen LogP contribution in [-0.2, 0) is 9.47 Å². The number of esters is 2. The van der Waals surface area contributed by atoms with E-state index in [9.17, 15) is 35.9 Å². The molecule has 0 saturated carbocycles. The first-order chi connectivity index (χ1) is 23.4. The Labute approximate surface area is 282 Å². The summed E-state index contributed by atoms with van der Waals surface area (Å²) in [7, 11) is 0. The SMILES string of the molecule is CCCCCCCCOc1ccc(-c2ccc(C(=O)Oc3ccc(C(=O)OC(CCCCOCC)C(F)(F)C(F)(F)F)c(F)c3)cc2)cc1. The molecule has 0 amide bonds. The molecule has 0 N–H and O–H groups in total. The van der Waals surface area contributed by atoms with Gasteiger partial charge < -0.3 is 18.9 Å². The van der Waals surface area contributed by atoms with E-state index in [-0.39, 0.29) is 30.8 Å². The quantitative estimate of drug-likeness (QED) is 0.0507. The van der Waals surface area contributed by atoms with Crippen molar-refractivity contribution in [1.82, 2.24) is 0 Å². The molecule has 0 saturated heterocycles. The van der Waals surface area contributed by atoms with Gasteiger partial charge in [0.1, 0.15) is 17.3 Å². The lowest BCUT2D eigenvalue weighted by Crippen LogP contribution is -2.49. The lowest BCUT2D eigenvalue weighted by molar-refractivity contribution is -0.312. The molecule has 49 heavy (non-hydrogen) atoms. The molecule has 0 spiro atoms. The number of unbranched alkanes of at least 4 members (excludes halogenated alkanes) is 6. The normalized spacial score (nSPS) is 12.4. The van der Waals surface area contributed by atoms with Crippen molar-refractivity contribution >= 4 is 11.9 Å². The summed E-state index contributed by atoms with van der Waals surface area (Å²) in [6.45, 7) is 4.98. The summed E-state index contributed by atoms with van der Waals surface area (Å²) in [5, 5.41) is 0. The summed E-state index contributed by atoms with van der Waals surface area (Å²) in [6.07, 6.45) is -2.69. The van der Waals surface area contributed by atoms with E-state index < -0.39 is 47.9 Å². The maximum Gasteiger partial charge on any atom is 0.457 e. The first kappa shape index (κ1) is 39.4. The highest BCUT2D eigenvalue weighted by Crippen LogP contribution is 2.41. The summed E-state index contributed by atoms with van der Waals surface area (Å²) in [5.41, 5.74) is 0.933. The first-order valence-corrected chi connectivity index (χ1v) is 16.5. The molecule has 3 aromatic rings. The van der Waals surface area contributed by atoms with Gasteiger partial charge in [-0.1, -0.05) is 63.3 Å². The first-order valence-electron chi connectivity index (χ1n) is 16.5. The Balaban J connectivity index is 1.57. The van der Waals surface area contributed by atoms with Crippen molar-refractivity contribution in [2.75, 3.05) is 19.8 Å². The Hall–Kier alpha value is -4.06. The van der Waals surface area contributed by atoms with E-state index >= 15 is 0 Å². The summed E-state index contributed by atoms with van der Waals surface area (Å²) in [6, 6.07) is 16.4. The largest absolute Gasteiger partial charge is 0.494 e. The number of hydrogen-bond acceptors (Lipinski definition) is 6. The van der Waals surface area contributed by atoms with E-state index in [0.717, 1.165) is 41.9 Å². The van der Waals surface area contributed by atoms with Crippen LogP contribution in [0.2, 0.25) is 0 Å². The molecule has 1 atom stereocenters. The Morgan fingerprint density at radius 3 is 1.90 bits per heavy atom. The van der Waals surface area contributed by atoms with Crippen LogP contribution in [0.1, 0.15) is 92.4 Å². The van der Waals surface area contributed by atoms with Gasteiger partial charge in [0.05, 0.1) is 17.7 Å². The van der Waals surface area contributed by atoms with Gasteiger partial charge in [-0.05, 0) is 80.1 Å². The van der Waals surface area contributed by atoms with Gasteiger partial charge in [-0.15, -0.1) is 0 Å². The summed E-state index contributed by atoms with van der Waals surface area (Å²) < 4.78 is 103. The Bertz CT molecular complexity index is 1460. The highest BCUT2D eigenvalue weighted by atomic mass is 19.4.